The van der Waals surface area contributed by atoms with Gasteiger partial charge in [0, 0.05) is 33.1 Å². The number of hydrogen-bond acceptors (Lipinski definition) is 3. The molecule has 2 amide bonds. The minimum Gasteiger partial charge on any atom is -0.337 e. The average molecular weight is 241 g/mol. The van der Waals surface area contributed by atoms with Crippen LogP contribution < -0.4 is 5.73 Å². The summed E-state index contributed by atoms with van der Waals surface area (Å²) >= 11 is 0. The summed E-state index contributed by atoms with van der Waals surface area (Å²) < 4.78 is 0. The molecule has 0 saturated carbocycles. The van der Waals surface area contributed by atoms with Crippen molar-refractivity contribution in [2.24, 2.45) is 11.7 Å². The second-order valence-electron chi connectivity index (χ2n) is 4.98. The molecule has 0 aromatic carbocycles. The lowest BCUT2D eigenvalue weighted by atomic mass is 9.92. The van der Waals surface area contributed by atoms with E-state index in [1.54, 1.807) is 7.05 Å². The van der Waals surface area contributed by atoms with Crippen LogP contribution in [0.2, 0.25) is 0 Å². The van der Waals surface area contributed by atoms with E-state index < -0.39 is 0 Å². The van der Waals surface area contributed by atoms with Crippen molar-refractivity contribution in [2.75, 3.05) is 26.7 Å². The van der Waals surface area contributed by atoms with Crippen LogP contribution in [0.25, 0.3) is 0 Å². The number of likely N-dealkylation sites (tertiary alicyclic amines) is 1. The smallest absolute Gasteiger partial charge is 0.242 e. The van der Waals surface area contributed by atoms with Crippen LogP contribution >= 0.6 is 0 Å². The summed E-state index contributed by atoms with van der Waals surface area (Å²) in [7, 11) is 1.64. The van der Waals surface area contributed by atoms with Gasteiger partial charge in [-0.1, -0.05) is 6.92 Å². The van der Waals surface area contributed by atoms with Crippen LogP contribution in [0.5, 0.6) is 0 Å². The van der Waals surface area contributed by atoms with Crippen molar-refractivity contribution in [1.29, 1.82) is 0 Å². The van der Waals surface area contributed by atoms with Crippen LogP contribution in [0.3, 0.4) is 0 Å². The van der Waals surface area contributed by atoms with Crippen LogP contribution in [0, 0.1) is 5.92 Å². The number of piperidine rings is 1. The van der Waals surface area contributed by atoms with Gasteiger partial charge in [0.25, 0.3) is 0 Å². The first-order valence-electron chi connectivity index (χ1n) is 6.17. The number of nitrogens with zero attached hydrogens (tertiary/aromatic N) is 2. The average Bonchev–Trinajstić information content (AvgIpc) is 2.28. The van der Waals surface area contributed by atoms with E-state index in [2.05, 4.69) is 6.92 Å². The predicted octanol–water partition coefficient (Wildman–Crippen LogP) is 0.0505. The van der Waals surface area contributed by atoms with Gasteiger partial charge in [0.05, 0.1) is 6.54 Å². The van der Waals surface area contributed by atoms with Crippen molar-refractivity contribution in [1.82, 2.24) is 9.80 Å². The van der Waals surface area contributed by atoms with Gasteiger partial charge in [-0.15, -0.1) is 0 Å². The molecule has 5 nitrogen and oxygen atoms in total. The van der Waals surface area contributed by atoms with E-state index in [1.807, 2.05) is 4.90 Å². The highest BCUT2D eigenvalue weighted by atomic mass is 16.2. The summed E-state index contributed by atoms with van der Waals surface area (Å²) in [6, 6.07) is 0.131. The third-order valence-corrected chi connectivity index (χ3v) is 3.48. The number of hydrogen-bond donors (Lipinski definition) is 1. The van der Waals surface area contributed by atoms with E-state index in [1.165, 1.54) is 11.8 Å². The fourth-order valence-electron chi connectivity index (χ4n) is 2.21. The second kappa shape index (κ2) is 6.00. The molecule has 0 spiro atoms. The van der Waals surface area contributed by atoms with Gasteiger partial charge in [-0.05, 0) is 18.8 Å². The molecule has 0 radical (unpaired) electrons. The van der Waals surface area contributed by atoms with E-state index in [4.69, 9.17) is 5.73 Å². The summed E-state index contributed by atoms with van der Waals surface area (Å²) in [5.41, 5.74) is 5.71. The molecule has 1 fully saturated rings. The summed E-state index contributed by atoms with van der Waals surface area (Å²) in [5, 5.41) is 0. The topological polar surface area (TPSA) is 66.6 Å². The van der Waals surface area contributed by atoms with Crippen LogP contribution in [0.15, 0.2) is 0 Å². The summed E-state index contributed by atoms with van der Waals surface area (Å²) in [4.78, 5) is 26.4. The fraction of sp³-hybridized carbons (Fsp3) is 0.833. The molecule has 1 saturated heterocycles. The highest BCUT2D eigenvalue weighted by Crippen LogP contribution is 2.21. The molecule has 0 aromatic heterocycles. The van der Waals surface area contributed by atoms with Crippen LogP contribution in [0.4, 0.5) is 0 Å². The van der Waals surface area contributed by atoms with Gasteiger partial charge < -0.3 is 15.5 Å². The molecule has 0 aromatic rings. The lowest BCUT2D eigenvalue weighted by molar-refractivity contribution is -0.141. The van der Waals surface area contributed by atoms with Gasteiger partial charge in [0.2, 0.25) is 11.8 Å². The Labute approximate surface area is 103 Å². The van der Waals surface area contributed by atoms with E-state index in [9.17, 15) is 9.59 Å². The quantitative estimate of drug-likeness (QED) is 0.759. The van der Waals surface area contributed by atoms with Gasteiger partial charge in [-0.25, -0.2) is 0 Å². The van der Waals surface area contributed by atoms with Crippen molar-refractivity contribution in [3.8, 4) is 0 Å². The summed E-state index contributed by atoms with van der Waals surface area (Å²) in [5.74, 6) is 0.538. The summed E-state index contributed by atoms with van der Waals surface area (Å²) in [6.45, 7) is 5.06. The maximum Gasteiger partial charge on any atom is 0.242 e. The Hall–Kier alpha value is -1.10. The molecule has 0 aliphatic carbocycles. The van der Waals surface area contributed by atoms with Gasteiger partial charge >= 0.3 is 0 Å². The minimum absolute atomic E-state index is 0.00468. The SMILES string of the molecule is CC(=O)N(C)CC(=O)N1CCC(C)CC1CN. The zero-order valence-electron chi connectivity index (χ0n) is 11.0. The predicted molar refractivity (Wildman–Crippen MR) is 66.3 cm³/mol. The molecule has 98 valence electrons. The maximum absolute atomic E-state index is 12.1. The Morgan fingerprint density at radius 2 is 2.12 bits per heavy atom. The van der Waals surface area contributed by atoms with E-state index >= 15 is 0 Å². The number of carbonyl (C=O) groups is 2. The lowest BCUT2D eigenvalue weighted by Crippen LogP contribution is -2.52. The Morgan fingerprint density at radius 3 is 2.65 bits per heavy atom. The third kappa shape index (κ3) is 3.70. The Balaban J connectivity index is 2.58. The Bertz CT molecular complexity index is 293. The van der Waals surface area contributed by atoms with Crippen LogP contribution in [0.1, 0.15) is 26.7 Å². The van der Waals surface area contributed by atoms with E-state index in [-0.39, 0.29) is 24.4 Å². The molecule has 2 unspecified atom stereocenters. The van der Waals surface area contributed by atoms with Crippen molar-refractivity contribution in [3.05, 3.63) is 0 Å². The number of nitrogens with two attached hydrogens (primary N) is 1. The third-order valence-electron chi connectivity index (χ3n) is 3.48. The maximum atomic E-state index is 12.1. The minimum atomic E-state index is -0.0898. The molecule has 1 aliphatic rings. The zero-order valence-corrected chi connectivity index (χ0v) is 11.0. The van der Waals surface area contributed by atoms with Gasteiger partial charge in [0.1, 0.15) is 0 Å². The van der Waals surface area contributed by atoms with Gasteiger partial charge in [0.15, 0.2) is 0 Å². The molecule has 17 heavy (non-hydrogen) atoms. The largest absolute Gasteiger partial charge is 0.337 e. The molecule has 2 atom stereocenters. The zero-order chi connectivity index (χ0) is 13.0. The molecule has 1 heterocycles. The van der Waals surface area contributed by atoms with Gasteiger partial charge in [-0.2, -0.15) is 0 Å². The first-order valence-corrected chi connectivity index (χ1v) is 6.17. The van der Waals surface area contributed by atoms with Crippen LogP contribution in [-0.2, 0) is 9.59 Å². The van der Waals surface area contributed by atoms with Crippen molar-refractivity contribution >= 4 is 11.8 Å². The highest BCUT2D eigenvalue weighted by Gasteiger charge is 2.29. The second-order valence-corrected chi connectivity index (χ2v) is 4.98. The standard InChI is InChI=1S/C12H23N3O2/c1-9-4-5-15(11(6-9)7-13)12(17)8-14(3)10(2)16/h9,11H,4-8,13H2,1-3H3. The van der Waals surface area contributed by atoms with Crippen molar-refractivity contribution in [3.63, 3.8) is 0 Å². The molecule has 0 bridgehead atoms. The fourth-order valence-corrected chi connectivity index (χ4v) is 2.21. The van der Waals surface area contributed by atoms with E-state index in [0.717, 1.165) is 19.4 Å². The molecule has 1 rings (SSSR count). The molecule has 1 aliphatic heterocycles. The monoisotopic (exact) mass is 241 g/mol. The van der Waals surface area contributed by atoms with Crippen molar-refractivity contribution < 1.29 is 9.59 Å². The molecular weight excluding hydrogens is 218 g/mol. The molecular formula is C12H23N3O2. The first-order chi connectivity index (χ1) is 7.95. The summed E-state index contributed by atoms with van der Waals surface area (Å²) in [6.07, 6.45) is 1.98. The highest BCUT2D eigenvalue weighted by molar-refractivity contribution is 5.83. The van der Waals surface area contributed by atoms with Crippen LogP contribution in [-0.4, -0.2) is 54.3 Å². The number of rotatable bonds is 3. The lowest BCUT2D eigenvalue weighted by Gasteiger charge is -2.38. The Morgan fingerprint density at radius 1 is 1.47 bits per heavy atom. The number of carbonyl (C=O) groups excluding carboxylic acids is 2. The normalized spacial score (nSPS) is 24.6. The molecule has 2 N–H and O–H groups in total. The Kier molecular flexibility index (Phi) is 4.93. The first kappa shape index (κ1) is 14.0. The van der Waals surface area contributed by atoms with Crippen molar-refractivity contribution in [2.45, 2.75) is 32.7 Å². The molecule has 5 heteroatoms. The number of amides is 2. The van der Waals surface area contributed by atoms with Gasteiger partial charge in [-0.3, -0.25) is 9.59 Å². The van der Waals surface area contributed by atoms with E-state index in [0.29, 0.717) is 12.5 Å². The number of likely N-dealkylation sites (N-methyl/N-ethyl adjacent to an activating group) is 1.